The molecule has 3 aromatic carbocycles. The number of benzene rings is 3. The molecule has 7 heteroatoms. The third-order valence-electron chi connectivity index (χ3n) is 5.89. The molecule has 0 unspecified atom stereocenters. The van der Waals surface area contributed by atoms with Gasteiger partial charge < -0.3 is 14.5 Å². The minimum Gasteiger partial charge on any atom is -0.507 e. The predicted octanol–water partition coefficient (Wildman–Crippen LogP) is 3.86. The highest BCUT2D eigenvalue weighted by Gasteiger charge is 2.25. The smallest absolute Gasteiger partial charge is 0.257 e. The maximum Gasteiger partial charge on any atom is 0.257 e. The van der Waals surface area contributed by atoms with E-state index in [1.807, 2.05) is 55.5 Å². The molecule has 0 radical (unpaired) electrons. The molecule has 5 rings (SSSR count). The van der Waals surface area contributed by atoms with Crippen LogP contribution >= 0.6 is 0 Å². The average molecular weight is 428 g/mol. The zero-order valence-electron chi connectivity index (χ0n) is 17.9. The highest BCUT2D eigenvalue weighted by atomic mass is 16.5. The number of amides is 1. The summed E-state index contributed by atoms with van der Waals surface area (Å²) in [6.45, 7) is 5.12. The minimum absolute atomic E-state index is 0.0191. The fraction of sp³-hybridized carbons (Fsp3) is 0.240. The van der Waals surface area contributed by atoms with Crippen molar-refractivity contribution in [3.8, 4) is 17.1 Å². The molecule has 162 valence electrons. The Morgan fingerprint density at radius 3 is 2.41 bits per heavy atom. The largest absolute Gasteiger partial charge is 0.507 e. The average Bonchev–Trinajstić information content (AvgIpc) is 3.27. The van der Waals surface area contributed by atoms with Crippen LogP contribution in [0.2, 0.25) is 0 Å². The summed E-state index contributed by atoms with van der Waals surface area (Å²) in [6, 6.07) is 19.1. The molecule has 32 heavy (non-hydrogen) atoms. The molecular formula is C25H24N4O3. The Hall–Kier alpha value is -3.71. The van der Waals surface area contributed by atoms with Crippen LogP contribution in [0.1, 0.15) is 21.8 Å². The van der Waals surface area contributed by atoms with Crippen molar-refractivity contribution in [2.75, 3.05) is 26.2 Å². The normalized spacial score (nSPS) is 14.7. The fourth-order valence-corrected chi connectivity index (χ4v) is 4.01. The van der Waals surface area contributed by atoms with Crippen LogP contribution in [-0.2, 0) is 6.54 Å². The number of phenolic OH excluding ortho intramolecular Hbond substituents is 1. The fourth-order valence-electron chi connectivity index (χ4n) is 4.01. The summed E-state index contributed by atoms with van der Waals surface area (Å²) in [5.41, 5.74) is 2.45. The monoisotopic (exact) mass is 428 g/mol. The van der Waals surface area contributed by atoms with Crippen LogP contribution in [0.15, 0.2) is 65.2 Å². The molecule has 0 bridgehead atoms. The third kappa shape index (κ3) is 4.07. The summed E-state index contributed by atoms with van der Waals surface area (Å²) < 4.78 is 5.44. The van der Waals surface area contributed by atoms with Crippen molar-refractivity contribution in [2.45, 2.75) is 13.5 Å². The summed E-state index contributed by atoms with van der Waals surface area (Å²) >= 11 is 0. The Bertz CT molecular complexity index is 1260. The van der Waals surface area contributed by atoms with Crippen LogP contribution in [0.5, 0.6) is 5.75 Å². The Balaban J connectivity index is 1.21. The van der Waals surface area contributed by atoms with Crippen LogP contribution in [0.25, 0.3) is 22.2 Å². The van der Waals surface area contributed by atoms with Crippen molar-refractivity contribution in [3.63, 3.8) is 0 Å². The highest BCUT2D eigenvalue weighted by molar-refractivity contribution is 6.01. The van der Waals surface area contributed by atoms with Gasteiger partial charge in [0.2, 0.25) is 11.7 Å². The van der Waals surface area contributed by atoms with E-state index in [0.717, 1.165) is 16.3 Å². The number of aryl methyl sites for hydroxylation is 1. The third-order valence-corrected chi connectivity index (χ3v) is 5.89. The van der Waals surface area contributed by atoms with Crippen molar-refractivity contribution in [2.24, 2.45) is 0 Å². The Morgan fingerprint density at radius 1 is 1.00 bits per heavy atom. The second kappa shape index (κ2) is 8.43. The Kier molecular flexibility index (Phi) is 5.33. The van der Waals surface area contributed by atoms with Crippen LogP contribution in [-0.4, -0.2) is 57.1 Å². The molecule has 0 saturated carbocycles. The molecule has 0 spiro atoms. The maximum atomic E-state index is 13.0. The molecule has 1 amide bonds. The zero-order valence-corrected chi connectivity index (χ0v) is 17.9. The number of rotatable bonds is 4. The molecule has 7 nitrogen and oxygen atoms in total. The molecule has 1 aliphatic rings. The van der Waals surface area contributed by atoms with Crippen molar-refractivity contribution >= 4 is 16.7 Å². The lowest BCUT2D eigenvalue weighted by molar-refractivity contribution is 0.0612. The molecular weight excluding hydrogens is 404 g/mol. The Labute approximate surface area is 185 Å². The number of hydrogen-bond donors (Lipinski definition) is 1. The summed E-state index contributed by atoms with van der Waals surface area (Å²) in [5, 5.41) is 16.3. The Morgan fingerprint density at radius 2 is 1.69 bits per heavy atom. The number of piperazine rings is 1. The molecule has 0 aliphatic carbocycles. The number of aromatic hydroxyl groups is 1. The second-order valence-corrected chi connectivity index (χ2v) is 8.16. The first kappa shape index (κ1) is 20.2. The van der Waals surface area contributed by atoms with Crippen molar-refractivity contribution in [1.82, 2.24) is 19.9 Å². The number of carbonyl (C=O) groups is 1. The van der Waals surface area contributed by atoms with Gasteiger partial charge in [0.1, 0.15) is 5.75 Å². The SMILES string of the molecule is Cc1ccc(-c2noc(CN3CCN(C(=O)c4cc5ccccc5cc4O)CC3)n2)cc1. The molecule has 1 aromatic heterocycles. The second-order valence-electron chi connectivity index (χ2n) is 8.16. The maximum absolute atomic E-state index is 13.0. The summed E-state index contributed by atoms with van der Waals surface area (Å²) in [4.78, 5) is 21.5. The quantitative estimate of drug-likeness (QED) is 0.532. The van der Waals surface area contributed by atoms with E-state index in [2.05, 4.69) is 15.0 Å². The van der Waals surface area contributed by atoms with E-state index in [1.165, 1.54) is 5.56 Å². The van der Waals surface area contributed by atoms with Crippen LogP contribution in [0, 0.1) is 6.92 Å². The van der Waals surface area contributed by atoms with Gasteiger partial charge in [-0.2, -0.15) is 4.98 Å². The molecule has 2 heterocycles. The van der Waals surface area contributed by atoms with E-state index in [-0.39, 0.29) is 11.7 Å². The van der Waals surface area contributed by atoms with Gasteiger partial charge in [0.15, 0.2) is 0 Å². The molecule has 1 aliphatic heterocycles. The molecule has 0 atom stereocenters. The molecule has 1 fully saturated rings. The first-order chi connectivity index (χ1) is 15.6. The van der Waals surface area contributed by atoms with Gasteiger partial charge in [0.05, 0.1) is 12.1 Å². The van der Waals surface area contributed by atoms with Gasteiger partial charge in [0.25, 0.3) is 5.91 Å². The summed E-state index contributed by atoms with van der Waals surface area (Å²) in [6.07, 6.45) is 0. The van der Waals surface area contributed by atoms with Crippen molar-refractivity contribution in [3.05, 3.63) is 77.7 Å². The number of hydrogen-bond acceptors (Lipinski definition) is 6. The highest BCUT2D eigenvalue weighted by Crippen LogP contribution is 2.26. The van der Waals surface area contributed by atoms with Crippen molar-refractivity contribution < 1.29 is 14.4 Å². The zero-order chi connectivity index (χ0) is 22.1. The summed E-state index contributed by atoms with van der Waals surface area (Å²) in [7, 11) is 0. The van der Waals surface area contributed by atoms with Crippen LogP contribution in [0.3, 0.4) is 0 Å². The molecule has 1 N–H and O–H groups in total. The molecule has 4 aromatic rings. The van der Waals surface area contributed by atoms with Crippen LogP contribution in [0.4, 0.5) is 0 Å². The van der Waals surface area contributed by atoms with E-state index in [4.69, 9.17) is 4.52 Å². The minimum atomic E-state index is -0.146. The van der Waals surface area contributed by atoms with E-state index < -0.39 is 0 Å². The van der Waals surface area contributed by atoms with E-state index >= 15 is 0 Å². The summed E-state index contributed by atoms with van der Waals surface area (Å²) in [5.74, 6) is 1.02. The van der Waals surface area contributed by atoms with Gasteiger partial charge >= 0.3 is 0 Å². The van der Waals surface area contributed by atoms with Gasteiger partial charge in [-0.25, -0.2) is 0 Å². The van der Waals surface area contributed by atoms with Gasteiger partial charge in [-0.15, -0.1) is 0 Å². The van der Waals surface area contributed by atoms with E-state index in [0.29, 0.717) is 50.0 Å². The lowest BCUT2D eigenvalue weighted by Crippen LogP contribution is -2.48. The lowest BCUT2D eigenvalue weighted by Gasteiger charge is -2.34. The van der Waals surface area contributed by atoms with Crippen LogP contribution < -0.4 is 0 Å². The number of aromatic nitrogens is 2. The van der Waals surface area contributed by atoms with E-state index in [1.54, 1.807) is 17.0 Å². The van der Waals surface area contributed by atoms with Crippen molar-refractivity contribution in [1.29, 1.82) is 0 Å². The standard InChI is InChI=1S/C25H24N4O3/c1-17-6-8-18(9-7-17)24-26-23(32-27-24)16-28-10-12-29(13-11-28)25(31)21-14-19-4-2-3-5-20(19)15-22(21)30/h2-9,14-15,30H,10-13,16H2,1H3. The lowest BCUT2D eigenvalue weighted by atomic mass is 10.0. The number of carbonyl (C=O) groups excluding carboxylic acids is 1. The number of phenols is 1. The van der Waals surface area contributed by atoms with E-state index in [9.17, 15) is 9.90 Å². The molecule has 1 saturated heterocycles. The van der Waals surface area contributed by atoms with Gasteiger partial charge in [-0.1, -0.05) is 59.3 Å². The first-order valence-corrected chi connectivity index (χ1v) is 10.7. The predicted molar refractivity (Wildman–Crippen MR) is 121 cm³/mol. The first-order valence-electron chi connectivity index (χ1n) is 10.7. The van der Waals surface area contributed by atoms with Gasteiger partial charge in [0, 0.05) is 31.7 Å². The topological polar surface area (TPSA) is 82.7 Å². The van der Waals surface area contributed by atoms with Gasteiger partial charge in [-0.05, 0) is 29.8 Å². The number of fused-ring (bicyclic) bond motifs is 1. The number of nitrogens with zero attached hydrogens (tertiary/aromatic N) is 4. The van der Waals surface area contributed by atoms with Gasteiger partial charge in [-0.3, -0.25) is 9.69 Å².